The van der Waals surface area contributed by atoms with Gasteiger partial charge in [-0.15, -0.1) is 11.3 Å². The van der Waals surface area contributed by atoms with Crippen LogP contribution in [0.3, 0.4) is 0 Å². The van der Waals surface area contributed by atoms with Gasteiger partial charge in [-0.2, -0.15) is 0 Å². The number of carbonyl (C=O) groups excluding carboxylic acids is 1. The lowest BCUT2D eigenvalue weighted by molar-refractivity contribution is 0.0558. The van der Waals surface area contributed by atoms with Crippen molar-refractivity contribution in [1.29, 1.82) is 0 Å². The Labute approximate surface area is 119 Å². The lowest BCUT2D eigenvalue weighted by atomic mass is 10.1. The fourth-order valence-electron chi connectivity index (χ4n) is 2.07. The Hall–Kier alpha value is -2.11. The van der Waals surface area contributed by atoms with E-state index < -0.39 is 12.1 Å². The molecule has 2 aromatic heterocycles. The third kappa shape index (κ3) is 2.11. The minimum atomic E-state index is -0.899. The molecule has 0 saturated heterocycles. The van der Waals surface area contributed by atoms with Crippen molar-refractivity contribution in [2.45, 2.75) is 6.10 Å². The van der Waals surface area contributed by atoms with Crippen LogP contribution >= 0.6 is 11.3 Å². The van der Waals surface area contributed by atoms with Crippen molar-refractivity contribution in [3.8, 4) is 0 Å². The van der Waals surface area contributed by atoms with Crippen molar-refractivity contribution in [3.05, 3.63) is 58.9 Å². The third-order valence-corrected chi connectivity index (χ3v) is 4.07. The lowest BCUT2D eigenvalue weighted by Crippen LogP contribution is -2.00. The lowest BCUT2D eigenvalue weighted by Gasteiger charge is -2.06. The molecule has 2 heterocycles. The Morgan fingerprint density at radius 3 is 2.90 bits per heavy atom. The topological polar surface area (TPSA) is 59.7 Å². The smallest absolute Gasteiger partial charge is 0.373 e. The van der Waals surface area contributed by atoms with Crippen molar-refractivity contribution in [1.82, 2.24) is 0 Å². The highest BCUT2D eigenvalue weighted by atomic mass is 32.1. The van der Waals surface area contributed by atoms with Crippen molar-refractivity contribution in [2.24, 2.45) is 0 Å². The molecule has 5 heteroatoms. The van der Waals surface area contributed by atoms with Crippen LogP contribution in [-0.2, 0) is 4.74 Å². The number of carbonyl (C=O) groups is 1. The highest BCUT2D eigenvalue weighted by Gasteiger charge is 2.20. The molecule has 0 amide bonds. The fourth-order valence-corrected chi connectivity index (χ4v) is 3.05. The zero-order valence-electron chi connectivity index (χ0n) is 10.7. The van der Waals surface area contributed by atoms with Gasteiger partial charge in [-0.05, 0) is 29.0 Å². The van der Waals surface area contributed by atoms with Crippen LogP contribution in [0.5, 0.6) is 0 Å². The second-order valence-corrected chi connectivity index (χ2v) is 5.19. The molecule has 20 heavy (non-hydrogen) atoms. The van der Waals surface area contributed by atoms with Gasteiger partial charge in [0.25, 0.3) is 0 Å². The standard InChI is InChI=1S/C15H12O4S/c1-18-15(17)12-7-6-11(19-12)14(16)10-8-20-13-5-3-2-4-9(10)13/h2-8,14,16H,1H3. The Kier molecular flexibility index (Phi) is 3.30. The molecule has 0 aliphatic carbocycles. The molecule has 1 unspecified atom stereocenters. The molecule has 1 N–H and O–H groups in total. The van der Waals surface area contributed by atoms with Gasteiger partial charge in [-0.3, -0.25) is 0 Å². The van der Waals surface area contributed by atoms with Crippen LogP contribution in [0.15, 0.2) is 46.2 Å². The maximum absolute atomic E-state index is 11.4. The van der Waals surface area contributed by atoms with E-state index in [9.17, 15) is 9.90 Å². The van der Waals surface area contributed by atoms with Gasteiger partial charge in [-0.1, -0.05) is 18.2 Å². The van der Waals surface area contributed by atoms with Crippen LogP contribution in [0.1, 0.15) is 28.0 Å². The maximum atomic E-state index is 11.4. The average molecular weight is 288 g/mol. The summed E-state index contributed by atoms with van der Waals surface area (Å²) in [6.45, 7) is 0. The number of hydrogen-bond donors (Lipinski definition) is 1. The van der Waals surface area contributed by atoms with E-state index in [0.29, 0.717) is 5.76 Å². The van der Waals surface area contributed by atoms with Crippen LogP contribution in [0.4, 0.5) is 0 Å². The van der Waals surface area contributed by atoms with Crippen molar-refractivity contribution >= 4 is 27.4 Å². The van der Waals surface area contributed by atoms with Crippen molar-refractivity contribution < 1.29 is 19.1 Å². The number of hydrogen-bond acceptors (Lipinski definition) is 5. The normalized spacial score (nSPS) is 12.5. The van der Waals surface area contributed by atoms with Gasteiger partial charge < -0.3 is 14.3 Å². The zero-order chi connectivity index (χ0) is 14.1. The molecule has 1 aromatic carbocycles. The number of furan rings is 1. The molecular weight excluding hydrogens is 276 g/mol. The van der Waals surface area contributed by atoms with E-state index in [1.807, 2.05) is 29.6 Å². The highest BCUT2D eigenvalue weighted by Crippen LogP contribution is 2.34. The summed E-state index contributed by atoms with van der Waals surface area (Å²) in [5.41, 5.74) is 0.774. The van der Waals surface area contributed by atoms with Crippen LogP contribution in [0, 0.1) is 0 Å². The Morgan fingerprint density at radius 2 is 2.10 bits per heavy atom. The summed E-state index contributed by atoms with van der Waals surface area (Å²) < 4.78 is 11.0. The first-order valence-electron chi connectivity index (χ1n) is 6.03. The number of aliphatic hydroxyl groups excluding tert-OH is 1. The largest absolute Gasteiger partial charge is 0.463 e. The summed E-state index contributed by atoms with van der Waals surface area (Å²) in [6.07, 6.45) is -0.899. The molecule has 102 valence electrons. The SMILES string of the molecule is COC(=O)c1ccc(C(O)c2csc3ccccc23)o1. The van der Waals surface area contributed by atoms with E-state index in [2.05, 4.69) is 4.74 Å². The number of thiophene rings is 1. The van der Waals surface area contributed by atoms with Crippen molar-refractivity contribution in [3.63, 3.8) is 0 Å². The third-order valence-electron chi connectivity index (χ3n) is 3.09. The van der Waals surface area contributed by atoms with Crippen LogP contribution < -0.4 is 0 Å². The van der Waals surface area contributed by atoms with Gasteiger partial charge in [0.2, 0.25) is 5.76 Å². The number of fused-ring (bicyclic) bond motifs is 1. The quantitative estimate of drug-likeness (QED) is 0.751. The Balaban J connectivity index is 1.98. The van der Waals surface area contributed by atoms with Gasteiger partial charge >= 0.3 is 5.97 Å². The molecule has 0 radical (unpaired) electrons. The number of benzene rings is 1. The summed E-state index contributed by atoms with van der Waals surface area (Å²) in [4.78, 5) is 11.4. The van der Waals surface area contributed by atoms with E-state index in [1.165, 1.54) is 13.2 Å². The molecule has 3 aromatic rings. The molecule has 3 rings (SSSR count). The zero-order valence-corrected chi connectivity index (χ0v) is 11.5. The van der Waals surface area contributed by atoms with E-state index in [0.717, 1.165) is 15.6 Å². The number of methoxy groups -OCH3 is 1. The molecule has 0 aliphatic rings. The predicted molar refractivity (Wildman–Crippen MR) is 75.9 cm³/mol. The second-order valence-electron chi connectivity index (χ2n) is 4.28. The fraction of sp³-hybridized carbons (Fsp3) is 0.133. The van der Waals surface area contributed by atoms with E-state index in [4.69, 9.17) is 4.42 Å². The number of ether oxygens (including phenoxy) is 1. The monoisotopic (exact) mass is 288 g/mol. The van der Waals surface area contributed by atoms with Gasteiger partial charge in [0.1, 0.15) is 11.9 Å². The first-order valence-corrected chi connectivity index (χ1v) is 6.91. The van der Waals surface area contributed by atoms with Gasteiger partial charge in [-0.25, -0.2) is 4.79 Å². The Bertz CT molecular complexity index is 756. The number of aliphatic hydroxyl groups is 1. The van der Waals surface area contributed by atoms with Crippen molar-refractivity contribution in [2.75, 3.05) is 7.11 Å². The predicted octanol–water partition coefficient (Wildman–Crippen LogP) is 3.36. The van der Waals surface area contributed by atoms with E-state index in [1.54, 1.807) is 17.4 Å². The van der Waals surface area contributed by atoms with Crippen LogP contribution in [0.25, 0.3) is 10.1 Å². The van der Waals surface area contributed by atoms with Gasteiger partial charge in [0.05, 0.1) is 7.11 Å². The van der Waals surface area contributed by atoms with Crippen LogP contribution in [-0.4, -0.2) is 18.2 Å². The summed E-state index contributed by atoms with van der Waals surface area (Å²) >= 11 is 1.56. The Morgan fingerprint density at radius 1 is 1.30 bits per heavy atom. The molecule has 0 aliphatic heterocycles. The molecule has 0 fully saturated rings. The molecule has 4 nitrogen and oxygen atoms in total. The maximum Gasteiger partial charge on any atom is 0.373 e. The minimum Gasteiger partial charge on any atom is -0.463 e. The second kappa shape index (κ2) is 5.11. The minimum absolute atomic E-state index is 0.0843. The average Bonchev–Trinajstić information content (AvgIpc) is 3.12. The summed E-state index contributed by atoms with van der Waals surface area (Å²) in [7, 11) is 1.29. The van der Waals surface area contributed by atoms with Gasteiger partial charge in [0, 0.05) is 10.3 Å². The number of rotatable bonds is 3. The molecule has 0 bridgehead atoms. The van der Waals surface area contributed by atoms with E-state index >= 15 is 0 Å². The molecule has 1 atom stereocenters. The summed E-state index contributed by atoms with van der Waals surface area (Å²) in [5, 5.41) is 13.3. The first-order chi connectivity index (χ1) is 9.70. The molecule has 0 spiro atoms. The number of esters is 1. The highest BCUT2D eigenvalue weighted by molar-refractivity contribution is 7.17. The van der Waals surface area contributed by atoms with Crippen LogP contribution in [0.2, 0.25) is 0 Å². The van der Waals surface area contributed by atoms with Gasteiger partial charge in [0.15, 0.2) is 0 Å². The van der Waals surface area contributed by atoms with E-state index in [-0.39, 0.29) is 5.76 Å². The molecular formula is C15H12O4S. The summed E-state index contributed by atoms with van der Waals surface area (Å²) in [5.74, 6) is -0.145. The molecule has 0 saturated carbocycles. The summed E-state index contributed by atoms with van der Waals surface area (Å²) in [6, 6.07) is 10.9. The first kappa shape index (κ1) is 12.9.